The number of allylic oxidation sites excluding steroid dienone is 1. The third-order valence-corrected chi connectivity index (χ3v) is 4.38. The molecule has 4 rings (SSSR count). The van der Waals surface area contributed by atoms with Gasteiger partial charge in [0.2, 0.25) is 11.8 Å². The Hall–Kier alpha value is -4.06. The average molecular weight is 363 g/mol. The Morgan fingerprint density at radius 2 is 2.19 bits per heavy atom. The Labute approximate surface area is 152 Å². The number of H-pyrrole nitrogens is 1. The largest absolute Gasteiger partial charge is 0.460 e. The number of nitrogens with one attached hydrogen (secondary N) is 1. The molecule has 2 aromatic heterocycles. The van der Waals surface area contributed by atoms with Crippen molar-refractivity contribution < 1.29 is 14.1 Å². The number of hydrogen-bond acceptors (Lipinski definition) is 7. The van der Waals surface area contributed by atoms with Gasteiger partial charge < -0.3 is 14.9 Å². The lowest BCUT2D eigenvalue weighted by molar-refractivity contribution is -0.384. The van der Waals surface area contributed by atoms with Gasteiger partial charge in [-0.2, -0.15) is 5.26 Å². The van der Waals surface area contributed by atoms with E-state index in [1.165, 1.54) is 12.1 Å². The molecule has 1 aromatic carbocycles. The van der Waals surface area contributed by atoms with E-state index in [4.69, 9.17) is 14.9 Å². The third kappa shape index (κ3) is 2.60. The van der Waals surface area contributed by atoms with E-state index in [0.29, 0.717) is 28.5 Å². The molecule has 27 heavy (non-hydrogen) atoms. The average Bonchev–Trinajstić information content (AvgIpc) is 3.28. The molecule has 134 valence electrons. The van der Waals surface area contributed by atoms with Gasteiger partial charge in [0.15, 0.2) is 0 Å². The molecule has 1 aliphatic rings. The lowest BCUT2D eigenvalue weighted by atomic mass is 9.88. The molecule has 0 aliphatic carbocycles. The molecule has 3 N–H and O–H groups in total. The van der Waals surface area contributed by atoms with Crippen molar-refractivity contribution in [2.24, 2.45) is 5.73 Å². The van der Waals surface area contributed by atoms with Crippen LogP contribution in [0.4, 0.5) is 5.69 Å². The fourth-order valence-corrected chi connectivity index (χ4v) is 3.12. The van der Waals surface area contributed by atoms with E-state index in [0.717, 1.165) is 5.69 Å². The number of aryl methyl sites for hydroxylation is 1. The van der Waals surface area contributed by atoms with Crippen molar-refractivity contribution >= 4 is 5.69 Å². The molecule has 0 saturated heterocycles. The predicted octanol–water partition coefficient (Wildman–Crippen LogP) is 3.10. The van der Waals surface area contributed by atoms with Gasteiger partial charge in [-0.05, 0) is 19.1 Å². The number of aromatic nitrogens is 2. The minimum absolute atomic E-state index is 0.0326. The molecule has 9 nitrogen and oxygen atoms in total. The Bertz CT molecular complexity index is 1130. The zero-order valence-corrected chi connectivity index (χ0v) is 14.1. The first kappa shape index (κ1) is 16.4. The van der Waals surface area contributed by atoms with E-state index in [-0.39, 0.29) is 17.1 Å². The highest BCUT2D eigenvalue weighted by Gasteiger charge is 2.36. The number of nitrogens with two attached hydrogens (primary N) is 1. The van der Waals surface area contributed by atoms with Crippen molar-refractivity contribution in [3.8, 4) is 23.3 Å². The number of nitro benzene ring substituents is 1. The number of rotatable bonds is 3. The molecule has 3 heterocycles. The minimum atomic E-state index is -0.579. The summed E-state index contributed by atoms with van der Waals surface area (Å²) in [6.45, 7) is 1.81. The molecule has 9 heteroatoms. The minimum Gasteiger partial charge on any atom is -0.460 e. The van der Waals surface area contributed by atoms with Crippen molar-refractivity contribution in [1.82, 2.24) is 10.2 Å². The summed E-state index contributed by atoms with van der Waals surface area (Å²) < 4.78 is 11.4. The van der Waals surface area contributed by atoms with E-state index < -0.39 is 10.8 Å². The molecular formula is C18H13N5O4. The van der Waals surface area contributed by atoms with Crippen LogP contribution in [0.5, 0.6) is 5.88 Å². The van der Waals surface area contributed by atoms with Crippen LogP contribution in [0.25, 0.3) is 11.3 Å². The maximum atomic E-state index is 11.0. The lowest BCUT2D eigenvalue weighted by Gasteiger charge is -2.21. The lowest BCUT2D eigenvalue weighted by Crippen LogP contribution is -2.20. The van der Waals surface area contributed by atoms with Crippen molar-refractivity contribution in [3.63, 3.8) is 0 Å². The van der Waals surface area contributed by atoms with Gasteiger partial charge in [0.25, 0.3) is 5.69 Å². The monoisotopic (exact) mass is 363 g/mol. The number of nitro groups is 1. The van der Waals surface area contributed by atoms with E-state index in [1.807, 2.05) is 6.92 Å². The zero-order valence-electron chi connectivity index (χ0n) is 14.1. The van der Waals surface area contributed by atoms with Crippen LogP contribution in [-0.2, 0) is 0 Å². The smallest absolute Gasteiger partial charge is 0.270 e. The number of non-ortho nitro benzene ring substituents is 1. The summed E-state index contributed by atoms with van der Waals surface area (Å²) in [6.07, 6.45) is 0. The summed E-state index contributed by atoms with van der Waals surface area (Å²) in [4.78, 5) is 10.5. The molecule has 1 atom stereocenters. The summed E-state index contributed by atoms with van der Waals surface area (Å²) >= 11 is 0. The first-order chi connectivity index (χ1) is 13.0. The van der Waals surface area contributed by atoms with Crippen LogP contribution in [0.2, 0.25) is 0 Å². The van der Waals surface area contributed by atoms with Gasteiger partial charge in [-0.3, -0.25) is 15.2 Å². The summed E-state index contributed by atoms with van der Waals surface area (Å²) in [5.41, 5.74) is 8.01. The molecule has 0 radical (unpaired) electrons. The van der Waals surface area contributed by atoms with Gasteiger partial charge in [0.05, 0.1) is 16.4 Å². The van der Waals surface area contributed by atoms with Gasteiger partial charge >= 0.3 is 0 Å². The van der Waals surface area contributed by atoms with Gasteiger partial charge in [-0.1, -0.05) is 12.1 Å². The number of ether oxygens (including phenoxy) is 1. The molecule has 3 aromatic rings. The Morgan fingerprint density at radius 3 is 2.93 bits per heavy atom. The molecule has 0 spiro atoms. The number of benzene rings is 1. The maximum absolute atomic E-state index is 11.0. The van der Waals surface area contributed by atoms with Crippen LogP contribution in [-0.4, -0.2) is 15.1 Å². The molecule has 0 amide bonds. The van der Waals surface area contributed by atoms with Gasteiger partial charge in [0, 0.05) is 23.4 Å². The highest BCUT2D eigenvalue weighted by atomic mass is 16.6. The third-order valence-electron chi connectivity index (χ3n) is 4.38. The highest BCUT2D eigenvalue weighted by Crippen LogP contribution is 2.43. The van der Waals surface area contributed by atoms with Gasteiger partial charge in [-0.25, -0.2) is 0 Å². The first-order valence-electron chi connectivity index (χ1n) is 7.96. The van der Waals surface area contributed by atoms with E-state index >= 15 is 0 Å². The van der Waals surface area contributed by atoms with Crippen molar-refractivity contribution in [3.05, 3.63) is 75.0 Å². The van der Waals surface area contributed by atoms with Crippen LogP contribution in [0.1, 0.15) is 22.9 Å². The number of nitrogens with zero attached hydrogens (tertiary/aromatic N) is 3. The summed E-state index contributed by atoms with van der Waals surface area (Å²) in [5, 5.41) is 27.4. The fourth-order valence-electron chi connectivity index (χ4n) is 3.12. The summed E-state index contributed by atoms with van der Waals surface area (Å²) in [7, 11) is 0. The fraction of sp³-hybridized carbons (Fsp3) is 0.111. The number of furan rings is 1. The normalized spacial score (nSPS) is 15.8. The quantitative estimate of drug-likeness (QED) is 0.537. The summed E-state index contributed by atoms with van der Waals surface area (Å²) in [6, 6.07) is 11.6. The Balaban J connectivity index is 1.81. The number of fused-ring (bicyclic) bond motifs is 1. The van der Waals surface area contributed by atoms with Crippen LogP contribution >= 0.6 is 0 Å². The van der Waals surface area contributed by atoms with Crippen molar-refractivity contribution in [1.29, 1.82) is 5.26 Å². The molecule has 0 unspecified atom stereocenters. The van der Waals surface area contributed by atoms with Crippen LogP contribution in [0.15, 0.2) is 52.3 Å². The molecule has 0 saturated carbocycles. The van der Waals surface area contributed by atoms with E-state index in [9.17, 15) is 15.4 Å². The second-order valence-electron chi connectivity index (χ2n) is 6.00. The van der Waals surface area contributed by atoms with Crippen molar-refractivity contribution in [2.45, 2.75) is 12.8 Å². The Kier molecular flexibility index (Phi) is 3.67. The van der Waals surface area contributed by atoms with Crippen LogP contribution in [0.3, 0.4) is 0 Å². The standard InChI is InChI=1S/C18H13N5O4/c1-9-15-16(12(8-19)17(20)27-18(15)22-21-9)14-6-5-13(26-14)10-3-2-4-11(7-10)23(24)25/h2-7,16H,20H2,1H3,(H,21,22)/t16-/m0/s1. The second kappa shape index (κ2) is 6.03. The number of nitriles is 1. The zero-order chi connectivity index (χ0) is 19.1. The molecule has 1 aliphatic heterocycles. The van der Waals surface area contributed by atoms with Crippen molar-refractivity contribution in [2.75, 3.05) is 0 Å². The number of hydrogen-bond donors (Lipinski definition) is 2. The highest BCUT2D eigenvalue weighted by molar-refractivity contribution is 5.62. The molecule has 0 bridgehead atoms. The predicted molar refractivity (Wildman–Crippen MR) is 93.4 cm³/mol. The van der Waals surface area contributed by atoms with Crippen LogP contribution in [0, 0.1) is 28.4 Å². The topological polar surface area (TPSA) is 144 Å². The first-order valence-corrected chi connectivity index (χ1v) is 7.96. The van der Waals surface area contributed by atoms with Gasteiger partial charge in [-0.15, -0.1) is 5.10 Å². The summed E-state index contributed by atoms with van der Waals surface area (Å²) in [5.74, 6) is 0.589. The van der Waals surface area contributed by atoms with Crippen LogP contribution < -0.4 is 10.5 Å². The van der Waals surface area contributed by atoms with E-state index in [1.54, 1.807) is 24.3 Å². The van der Waals surface area contributed by atoms with Gasteiger partial charge in [0.1, 0.15) is 23.2 Å². The Morgan fingerprint density at radius 1 is 1.37 bits per heavy atom. The maximum Gasteiger partial charge on any atom is 0.270 e. The number of aromatic amines is 1. The molecule has 0 fully saturated rings. The SMILES string of the molecule is Cc1[nH]nc2c1[C@H](c1ccc(-c3cccc([N+](=O)[O-])c3)o1)C(C#N)=C(N)O2. The van der Waals surface area contributed by atoms with E-state index in [2.05, 4.69) is 16.3 Å². The second-order valence-corrected chi connectivity index (χ2v) is 6.00. The molecular weight excluding hydrogens is 350 g/mol.